The van der Waals surface area contributed by atoms with E-state index in [-0.39, 0.29) is 12.4 Å². The quantitative estimate of drug-likeness (QED) is 0.722. The molecular weight excluding hydrogens is 207 g/mol. The lowest BCUT2D eigenvalue weighted by atomic mass is 10.2. The molecule has 0 radical (unpaired) electrons. The van der Waals surface area contributed by atoms with Crippen LogP contribution in [0.2, 0.25) is 0 Å². The minimum atomic E-state index is -3.57. The molecule has 0 saturated carbocycles. The third-order valence-corrected chi connectivity index (χ3v) is 2.81. The number of benzene rings is 1. The van der Waals surface area contributed by atoms with E-state index in [0.717, 1.165) is 0 Å². The van der Waals surface area contributed by atoms with Gasteiger partial charge in [-0.25, -0.2) is 4.39 Å². The molecule has 0 N–H and O–H groups in total. The Kier molecular flexibility index (Phi) is 3.60. The molecule has 0 fully saturated rings. The van der Waals surface area contributed by atoms with E-state index in [1.807, 2.05) is 0 Å². The van der Waals surface area contributed by atoms with Gasteiger partial charge in [-0.2, -0.15) is 8.42 Å². The molecule has 1 aromatic rings. The van der Waals surface area contributed by atoms with Gasteiger partial charge >= 0.3 is 0 Å². The molecule has 78 valence electrons. The van der Waals surface area contributed by atoms with Gasteiger partial charge in [-0.05, 0) is 24.6 Å². The second kappa shape index (κ2) is 4.52. The molecule has 0 heterocycles. The van der Waals surface area contributed by atoms with Crippen LogP contribution in [0.1, 0.15) is 12.5 Å². The van der Waals surface area contributed by atoms with Crippen molar-refractivity contribution < 1.29 is 17.0 Å². The Morgan fingerprint density at radius 3 is 2.71 bits per heavy atom. The molecule has 0 saturated heterocycles. The van der Waals surface area contributed by atoms with Crippen molar-refractivity contribution in [1.82, 2.24) is 0 Å². The third-order valence-electron chi connectivity index (χ3n) is 1.53. The van der Waals surface area contributed by atoms with Gasteiger partial charge in [-0.3, -0.25) is 4.18 Å². The monoisotopic (exact) mass is 218 g/mol. The van der Waals surface area contributed by atoms with Crippen molar-refractivity contribution in [3.8, 4) is 0 Å². The molecule has 1 aromatic carbocycles. The maximum absolute atomic E-state index is 12.7. The van der Waals surface area contributed by atoms with Gasteiger partial charge in [0.05, 0.1) is 6.61 Å². The number of halogens is 1. The summed E-state index contributed by atoms with van der Waals surface area (Å²) in [7, 11) is -3.57. The molecule has 0 aliphatic heterocycles. The zero-order valence-electron chi connectivity index (χ0n) is 7.73. The first-order valence-electron chi connectivity index (χ1n) is 4.15. The van der Waals surface area contributed by atoms with Crippen molar-refractivity contribution in [3.05, 3.63) is 35.6 Å². The Bertz CT molecular complexity index is 400. The summed E-state index contributed by atoms with van der Waals surface area (Å²) in [6.07, 6.45) is 0. The van der Waals surface area contributed by atoms with Crippen molar-refractivity contribution in [2.75, 3.05) is 6.61 Å². The van der Waals surface area contributed by atoms with Crippen molar-refractivity contribution in [3.63, 3.8) is 0 Å². The second-order valence-electron chi connectivity index (χ2n) is 2.74. The smallest absolute Gasteiger partial charge is 0.270 e. The van der Waals surface area contributed by atoms with Crippen LogP contribution in [0.3, 0.4) is 0 Å². The summed E-state index contributed by atoms with van der Waals surface area (Å²) in [5, 5.41) is 0. The van der Waals surface area contributed by atoms with Crippen LogP contribution < -0.4 is 0 Å². The summed E-state index contributed by atoms with van der Waals surface area (Å²) in [5.41, 5.74) is 0.387. The molecule has 1 rings (SSSR count). The summed E-state index contributed by atoms with van der Waals surface area (Å²) in [5.74, 6) is -0.743. The number of hydrogen-bond acceptors (Lipinski definition) is 3. The summed E-state index contributed by atoms with van der Waals surface area (Å²) in [6, 6.07) is 5.44. The van der Waals surface area contributed by atoms with Gasteiger partial charge in [0.2, 0.25) is 0 Å². The SMILES string of the molecule is CCOS(=O)(=O)Cc1cccc(F)c1. The Labute approximate surface area is 82.6 Å². The Morgan fingerprint density at radius 2 is 2.14 bits per heavy atom. The molecule has 5 heteroatoms. The van der Waals surface area contributed by atoms with E-state index >= 15 is 0 Å². The highest BCUT2D eigenvalue weighted by Crippen LogP contribution is 2.09. The Balaban J connectivity index is 2.79. The normalized spacial score (nSPS) is 11.6. The molecule has 14 heavy (non-hydrogen) atoms. The van der Waals surface area contributed by atoms with Gasteiger partial charge in [0.25, 0.3) is 10.1 Å². The summed E-state index contributed by atoms with van der Waals surface area (Å²) in [4.78, 5) is 0. The van der Waals surface area contributed by atoms with E-state index in [0.29, 0.717) is 5.56 Å². The topological polar surface area (TPSA) is 43.4 Å². The molecule has 0 aliphatic rings. The molecule has 0 aromatic heterocycles. The number of rotatable bonds is 4. The van der Waals surface area contributed by atoms with Crippen molar-refractivity contribution >= 4 is 10.1 Å². The van der Waals surface area contributed by atoms with Crippen LogP contribution in [0.15, 0.2) is 24.3 Å². The molecule has 0 atom stereocenters. The lowest BCUT2D eigenvalue weighted by molar-refractivity contribution is 0.337. The fourth-order valence-electron chi connectivity index (χ4n) is 1.05. The summed E-state index contributed by atoms with van der Waals surface area (Å²) < 4.78 is 39.5. The van der Waals surface area contributed by atoms with Gasteiger partial charge in [0.15, 0.2) is 0 Å². The van der Waals surface area contributed by atoms with Gasteiger partial charge in [-0.1, -0.05) is 12.1 Å². The first-order valence-corrected chi connectivity index (χ1v) is 5.73. The molecule has 0 spiro atoms. The maximum atomic E-state index is 12.7. The lowest BCUT2D eigenvalue weighted by Gasteiger charge is -2.03. The molecule has 0 amide bonds. The first kappa shape index (κ1) is 11.1. The number of hydrogen-bond donors (Lipinski definition) is 0. The zero-order chi connectivity index (χ0) is 10.6. The van der Waals surface area contributed by atoms with E-state index < -0.39 is 15.9 Å². The van der Waals surface area contributed by atoms with Crippen LogP contribution in [-0.4, -0.2) is 15.0 Å². The van der Waals surface area contributed by atoms with Crippen LogP contribution in [-0.2, 0) is 20.1 Å². The highest BCUT2D eigenvalue weighted by molar-refractivity contribution is 7.85. The molecule has 0 aliphatic carbocycles. The fraction of sp³-hybridized carbons (Fsp3) is 0.333. The van der Waals surface area contributed by atoms with E-state index in [9.17, 15) is 12.8 Å². The average molecular weight is 218 g/mol. The van der Waals surface area contributed by atoms with Gasteiger partial charge in [0, 0.05) is 0 Å². The van der Waals surface area contributed by atoms with Crippen molar-refractivity contribution in [2.45, 2.75) is 12.7 Å². The van der Waals surface area contributed by atoms with Crippen LogP contribution >= 0.6 is 0 Å². The second-order valence-corrected chi connectivity index (χ2v) is 4.38. The predicted octanol–water partition coefficient (Wildman–Crippen LogP) is 1.69. The van der Waals surface area contributed by atoms with Crippen LogP contribution in [0.25, 0.3) is 0 Å². The van der Waals surface area contributed by atoms with E-state index in [2.05, 4.69) is 4.18 Å². The fourth-order valence-corrected chi connectivity index (χ4v) is 2.08. The standard InChI is InChI=1S/C9H11FO3S/c1-2-13-14(11,12)7-8-4-3-5-9(10)6-8/h3-6H,2,7H2,1H3. The molecule has 0 unspecified atom stereocenters. The average Bonchev–Trinajstić information content (AvgIpc) is 2.02. The largest absolute Gasteiger partial charge is 0.271 e. The van der Waals surface area contributed by atoms with Gasteiger partial charge in [-0.15, -0.1) is 0 Å². The zero-order valence-corrected chi connectivity index (χ0v) is 8.55. The third kappa shape index (κ3) is 3.43. The maximum Gasteiger partial charge on any atom is 0.271 e. The lowest BCUT2D eigenvalue weighted by Crippen LogP contribution is -2.08. The summed E-state index contributed by atoms with van der Waals surface area (Å²) >= 11 is 0. The molecule has 3 nitrogen and oxygen atoms in total. The highest BCUT2D eigenvalue weighted by atomic mass is 32.2. The van der Waals surface area contributed by atoms with Gasteiger partial charge < -0.3 is 0 Å². The first-order chi connectivity index (χ1) is 6.53. The van der Waals surface area contributed by atoms with Crippen LogP contribution in [0.5, 0.6) is 0 Å². The van der Waals surface area contributed by atoms with E-state index in [1.54, 1.807) is 13.0 Å². The Hall–Kier alpha value is -0.940. The van der Waals surface area contributed by atoms with Gasteiger partial charge in [0.1, 0.15) is 11.6 Å². The van der Waals surface area contributed by atoms with E-state index in [1.165, 1.54) is 18.2 Å². The molecular formula is C9H11FO3S. The minimum Gasteiger partial charge on any atom is -0.270 e. The van der Waals surface area contributed by atoms with Crippen molar-refractivity contribution in [2.24, 2.45) is 0 Å². The summed E-state index contributed by atoms with van der Waals surface area (Å²) in [6.45, 7) is 1.68. The Morgan fingerprint density at radius 1 is 1.43 bits per heavy atom. The van der Waals surface area contributed by atoms with Crippen LogP contribution in [0, 0.1) is 5.82 Å². The predicted molar refractivity (Wildman–Crippen MR) is 50.6 cm³/mol. The minimum absolute atomic E-state index is 0.0949. The highest BCUT2D eigenvalue weighted by Gasteiger charge is 2.11. The van der Waals surface area contributed by atoms with Crippen molar-refractivity contribution in [1.29, 1.82) is 0 Å². The molecule has 0 bridgehead atoms. The van der Waals surface area contributed by atoms with Crippen LogP contribution in [0.4, 0.5) is 4.39 Å². The van der Waals surface area contributed by atoms with E-state index in [4.69, 9.17) is 0 Å².